The number of rotatable bonds is 7. The van der Waals surface area contributed by atoms with Crippen molar-refractivity contribution in [3.8, 4) is 0 Å². The SMILES string of the molecule is CCCCCC([C]=O)C(=O)c1cccc2ccccc12. The van der Waals surface area contributed by atoms with E-state index in [0.29, 0.717) is 12.0 Å². The summed E-state index contributed by atoms with van der Waals surface area (Å²) in [4.78, 5) is 23.6. The number of Topliss-reactive ketones (excluding diaryl/α,β-unsaturated/α-hetero) is 1. The average Bonchev–Trinajstić information content (AvgIpc) is 2.50. The number of unbranched alkanes of at least 4 members (excludes halogenated alkanes) is 2. The molecule has 0 fully saturated rings. The normalized spacial score (nSPS) is 12.2. The highest BCUT2D eigenvalue weighted by atomic mass is 16.1. The van der Waals surface area contributed by atoms with Crippen LogP contribution in [-0.4, -0.2) is 12.1 Å². The number of hydrogen-bond acceptors (Lipinski definition) is 2. The minimum atomic E-state index is -0.632. The maximum absolute atomic E-state index is 12.5. The van der Waals surface area contributed by atoms with Gasteiger partial charge >= 0.3 is 0 Å². The second kappa shape index (κ2) is 6.99. The van der Waals surface area contributed by atoms with Gasteiger partial charge in [-0.2, -0.15) is 0 Å². The lowest BCUT2D eigenvalue weighted by molar-refractivity contribution is 0.0949. The number of carbonyl (C=O) groups excluding carboxylic acids is 2. The van der Waals surface area contributed by atoms with Gasteiger partial charge in [-0.25, -0.2) is 0 Å². The van der Waals surface area contributed by atoms with Crippen LogP contribution < -0.4 is 0 Å². The van der Waals surface area contributed by atoms with E-state index in [-0.39, 0.29) is 5.78 Å². The average molecular weight is 267 g/mol. The van der Waals surface area contributed by atoms with Crippen molar-refractivity contribution in [2.24, 2.45) is 5.92 Å². The van der Waals surface area contributed by atoms with Gasteiger partial charge in [-0.05, 0) is 17.2 Å². The quantitative estimate of drug-likeness (QED) is 0.425. The van der Waals surface area contributed by atoms with Crippen LogP contribution in [0.25, 0.3) is 10.8 Å². The molecule has 103 valence electrons. The molecule has 1 radical (unpaired) electrons. The fourth-order valence-electron chi connectivity index (χ4n) is 2.47. The zero-order valence-electron chi connectivity index (χ0n) is 11.8. The molecule has 0 saturated carbocycles. The van der Waals surface area contributed by atoms with Crippen LogP contribution in [0.4, 0.5) is 0 Å². The van der Waals surface area contributed by atoms with Crippen molar-refractivity contribution in [1.29, 1.82) is 0 Å². The van der Waals surface area contributed by atoms with Crippen molar-refractivity contribution in [3.05, 3.63) is 48.0 Å². The highest BCUT2D eigenvalue weighted by Gasteiger charge is 2.21. The number of hydrogen-bond donors (Lipinski definition) is 0. The molecule has 0 heterocycles. The maximum Gasteiger partial charge on any atom is 0.209 e. The second-order valence-corrected chi connectivity index (χ2v) is 5.06. The Bertz CT molecular complexity index is 596. The van der Waals surface area contributed by atoms with E-state index < -0.39 is 5.92 Å². The summed E-state index contributed by atoms with van der Waals surface area (Å²) in [6.07, 6.45) is 5.54. The highest BCUT2D eigenvalue weighted by molar-refractivity contribution is 6.13. The fourth-order valence-corrected chi connectivity index (χ4v) is 2.47. The molecule has 2 rings (SSSR count). The third kappa shape index (κ3) is 3.13. The van der Waals surface area contributed by atoms with Gasteiger partial charge < -0.3 is 0 Å². The molecular formula is C18H19O2. The summed E-state index contributed by atoms with van der Waals surface area (Å²) in [5.74, 6) is -0.736. The van der Waals surface area contributed by atoms with Crippen LogP contribution >= 0.6 is 0 Å². The van der Waals surface area contributed by atoms with Crippen LogP contribution in [0.3, 0.4) is 0 Å². The summed E-state index contributed by atoms with van der Waals surface area (Å²) < 4.78 is 0. The summed E-state index contributed by atoms with van der Waals surface area (Å²) in [5, 5.41) is 1.94. The van der Waals surface area contributed by atoms with Gasteiger partial charge in [-0.1, -0.05) is 68.7 Å². The first-order chi connectivity index (χ1) is 9.77. The zero-order valence-corrected chi connectivity index (χ0v) is 11.8. The molecule has 0 N–H and O–H groups in total. The number of fused-ring (bicyclic) bond motifs is 1. The molecule has 0 saturated heterocycles. The Morgan fingerprint density at radius 3 is 2.60 bits per heavy atom. The lowest BCUT2D eigenvalue weighted by atomic mass is 9.91. The van der Waals surface area contributed by atoms with Gasteiger partial charge in [0.1, 0.15) is 0 Å². The monoisotopic (exact) mass is 267 g/mol. The fraction of sp³-hybridized carbons (Fsp3) is 0.333. The van der Waals surface area contributed by atoms with Gasteiger partial charge in [0.25, 0.3) is 0 Å². The van der Waals surface area contributed by atoms with Crippen molar-refractivity contribution in [1.82, 2.24) is 0 Å². The van der Waals surface area contributed by atoms with E-state index in [4.69, 9.17) is 0 Å². The Morgan fingerprint density at radius 2 is 1.85 bits per heavy atom. The van der Waals surface area contributed by atoms with E-state index in [9.17, 15) is 9.59 Å². The summed E-state index contributed by atoms with van der Waals surface area (Å²) >= 11 is 0. The summed E-state index contributed by atoms with van der Waals surface area (Å²) in [6, 6.07) is 13.4. The van der Waals surface area contributed by atoms with Crippen molar-refractivity contribution in [3.63, 3.8) is 0 Å². The largest absolute Gasteiger partial charge is 0.293 e. The van der Waals surface area contributed by atoms with Gasteiger partial charge in [0.2, 0.25) is 6.29 Å². The zero-order chi connectivity index (χ0) is 14.4. The Hall–Kier alpha value is -1.96. The van der Waals surface area contributed by atoms with Gasteiger partial charge in [0.15, 0.2) is 5.78 Å². The molecule has 2 aromatic carbocycles. The molecular weight excluding hydrogens is 248 g/mol. The summed E-state index contributed by atoms with van der Waals surface area (Å²) in [6.45, 7) is 2.10. The molecule has 0 aromatic heterocycles. The van der Waals surface area contributed by atoms with Crippen molar-refractivity contribution < 1.29 is 9.59 Å². The standard InChI is InChI=1S/C18H19O2/c1-2-3-4-9-15(13-19)18(20)17-12-7-10-14-8-5-6-11-16(14)17/h5-8,10-12,15H,2-4,9H2,1H3. The third-order valence-corrected chi connectivity index (χ3v) is 3.61. The lowest BCUT2D eigenvalue weighted by Crippen LogP contribution is -2.16. The van der Waals surface area contributed by atoms with Crippen LogP contribution in [0.5, 0.6) is 0 Å². The van der Waals surface area contributed by atoms with Crippen LogP contribution in [-0.2, 0) is 4.79 Å². The predicted octanol–water partition coefficient (Wildman–Crippen LogP) is 4.33. The first kappa shape index (κ1) is 14.4. The van der Waals surface area contributed by atoms with Gasteiger partial charge in [0.05, 0.1) is 5.92 Å². The number of carbonyl (C=O) groups is 1. The molecule has 2 nitrogen and oxygen atoms in total. The van der Waals surface area contributed by atoms with E-state index >= 15 is 0 Å². The van der Waals surface area contributed by atoms with E-state index in [0.717, 1.165) is 30.0 Å². The minimum Gasteiger partial charge on any atom is -0.293 e. The molecule has 2 aromatic rings. The molecule has 1 atom stereocenters. The van der Waals surface area contributed by atoms with E-state index in [1.54, 1.807) is 6.07 Å². The molecule has 2 heteroatoms. The Labute approximate surface area is 119 Å². The first-order valence-corrected chi connectivity index (χ1v) is 7.17. The van der Waals surface area contributed by atoms with Crippen LogP contribution in [0, 0.1) is 5.92 Å². The molecule has 0 bridgehead atoms. The van der Waals surface area contributed by atoms with Gasteiger partial charge in [-0.3, -0.25) is 9.59 Å². The molecule has 0 aliphatic heterocycles. The van der Waals surface area contributed by atoms with Crippen LogP contribution in [0.15, 0.2) is 42.5 Å². The highest BCUT2D eigenvalue weighted by Crippen LogP contribution is 2.22. The summed E-state index contributed by atoms with van der Waals surface area (Å²) in [5.41, 5.74) is 0.632. The molecule has 20 heavy (non-hydrogen) atoms. The van der Waals surface area contributed by atoms with Crippen molar-refractivity contribution in [2.75, 3.05) is 0 Å². The molecule has 0 amide bonds. The van der Waals surface area contributed by atoms with E-state index in [1.807, 2.05) is 42.7 Å². The first-order valence-electron chi connectivity index (χ1n) is 7.17. The predicted molar refractivity (Wildman–Crippen MR) is 81.6 cm³/mol. The molecule has 0 aliphatic rings. The van der Waals surface area contributed by atoms with E-state index in [2.05, 4.69) is 6.92 Å². The Morgan fingerprint density at radius 1 is 1.10 bits per heavy atom. The molecule has 0 aliphatic carbocycles. The van der Waals surface area contributed by atoms with Gasteiger partial charge in [-0.15, -0.1) is 0 Å². The maximum atomic E-state index is 12.5. The topological polar surface area (TPSA) is 34.1 Å². The number of benzene rings is 2. The lowest BCUT2D eigenvalue weighted by Gasteiger charge is -2.10. The smallest absolute Gasteiger partial charge is 0.209 e. The molecule has 1 unspecified atom stereocenters. The minimum absolute atomic E-state index is 0.104. The molecule has 0 spiro atoms. The van der Waals surface area contributed by atoms with Crippen LogP contribution in [0.1, 0.15) is 43.0 Å². The van der Waals surface area contributed by atoms with Gasteiger partial charge in [0, 0.05) is 5.56 Å². The summed E-state index contributed by atoms with van der Waals surface area (Å²) in [7, 11) is 0. The van der Waals surface area contributed by atoms with Crippen molar-refractivity contribution >= 4 is 22.8 Å². The second-order valence-electron chi connectivity index (χ2n) is 5.06. The van der Waals surface area contributed by atoms with Crippen LogP contribution in [0.2, 0.25) is 0 Å². The Kier molecular flexibility index (Phi) is 5.05. The number of ketones is 1. The third-order valence-electron chi connectivity index (χ3n) is 3.61. The van der Waals surface area contributed by atoms with Crippen molar-refractivity contribution in [2.45, 2.75) is 32.6 Å². The Balaban J connectivity index is 2.27. The van der Waals surface area contributed by atoms with E-state index in [1.165, 1.54) is 0 Å².